The molecule has 1 fully saturated rings. The molecule has 1 saturated heterocycles. The van der Waals surface area contributed by atoms with Gasteiger partial charge in [-0.05, 0) is 62.5 Å². The van der Waals surface area contributed by atoms with E-state index in [1.807, 2.05) is 11.0 Å². The summed E-state index contributed by atoms with van der Waals surface area (Å²) in [5.41, 5.74) is 11.0. The summed E-state index contributed by atoms with van der Waals surface area (Å²) in [6.07, 6.45) is -2.36. The number of likely N-dealkylation sites (tertiary alicyclic amines) is 1. The van der Waals surface area contributed by atoms with Crippen molar-refractivity contribution >= 4 is 17.3 Å². The Balaban J connectivity index is 1.73. The Morgan fingerprint density at radius 1 is 1.32 bits per heavy atom. The van der Waals surface area contributed by atoms with Crippen molar-refractivity contribution in [2.45, 2.75) is 25.4 Å². The van der Waals surface area contributed by atoms with E-state index in [9.17, 15) is 23.2 Å². The molecule has 11 heteroatoms. The van der Waals surface area contributed by atoms with E-state index < -0.39 is 11.7 Å². The third-order valence-electron chi connectivity index (χ3n) is 5.88. The summed E-state index contributed by atoms with van der Waals surface area (Å²) < 4.78 is 46.9. The number of nitrogens with one attached hydrogen (secondary N) is 1. The zero-order valence-corrected chi connectivity index (χ0v) is 18.8. The maximum Gasteiger partial charge on any atom is 0.419 e. The van der Waals surface area contributed by atoms with Crippen molar-refractivity contribution in [3.8, 4) is 23.1 Å². The quantitative estimate of drug-likeness (QED) is 0.533. The molecule has 1 aromatic carbocycles. The second-order valence-corrected chi connectivity index (χ2v) is 8.21. The molecule has 0 saturated carbocycles. The zero-order valence-electron chi connectivity index (χ0n) is 18.8. The van der Waals surface area contributed by atoms with Crippen molar-refractivity contribution in [3.05, 3.63) is 35.5 Å². The van der Waals surface area contributed by atoms with E-state index in [1.165, 1.54) is 18.2 Å². The second kappa shape index (κ2) is 10.6. The highest BCUT2D eigenvalue weighted by Crippen LogP contribution is 2.39. The third-order valence-corrected chi connectivity index (χ3v) is 5.88. The van der Waals surface area contributed by atoms with E-state index in [1.54, 1.807) is 7.05 Å². The number of ether oxygens (including phenoxy) is 1. The van der Waals surface area contributed by atoms with Crippen LogP contribution in [0.25, 0.3) is 11.3 Å². The number of piperidine rings is 1. The number of rotatable bonds is 8. The molecule has 0 spiro atoms. The van der Waals surface area contributed by atoms with Crippen molar-refractivity contribution in [2.75, 3.05) is 44.3 Å². The molecule has 0 unspecified atom stereocenters. The van der Waals surface area contributed by atoms with Gasteiger partial charge in [-0.15, -0.1) is 0 Å². The van der Waals surface area contributed by atoms with Crippen LogP contribution in [0.5, 0.6) is 5.75 Å². The molecule has 3 rings (SSSR count). The van der Waals surface area contributed by atoms with Gasteiger partial charge in [0.2, 0.25) is 5.91 Å². The smallest absolute Gasteiger partial charge is 0.419 e. The number of alkyl halides is 3. The topological polar surface area (TPSA) is 130 Å². The van der Waals surface area contributed by atoms with Crippen molar-refractivity contribution in [1.29, 1.82) is 5.26 Å². The standard InChI is InChI=1S/C23H27F3N6O2/c1-30-18-11-17(31-19(12-27)22(18)29)15-2-3-20(16(10-15)23(24,25)26)34-9-6-14-4-7-32(8-5-14)13-21(28)33/h2-3,10-11,14H,4-9,13,29H2,1H3,(H2,28,33)(H,30,31). The molecule has 1 aliphatic heterocycles. The van der Waals surface area contributed by atoms with Crippen molar-refractivity contribution in [3.63, 3.8) is 0 Å². The number of carbonyl (C=O) groups excluding carboxylic acids is 1. The maximum atomic E-state index is 13.8. The molecular formula is C23H27F3N6O2. The van der Waals surface area contributed by atoms with E-state index in [-0.39, 0.29) is 47.4 Å². The molecule has 1 amide bonds. The minimum atomic E-state index is -4.64. The molecule has 8 nitrogen and oxygen atoms in total. The molecule has 0 bridgehead atoms. The van der Waals surface area contributed by atoms with Crippen LogP contribution >= 0.6 is 0 Å². The van der Waals surface area contributed by atoms with Crippen molar-refractivity contribution in [1.82, 2.24) is 9.88 Å². The number of nitrogens with zero attached hydrogens (tertiary/aromatic N) is 3. The number of pyridine rings is 1. The summed E-state index contributed by atoms with van der Waals surface area (Å²) >= 11 is 0. The number of hydrogen-bond acceptors (Lipinski definition) is 7. The summed E-state index contributed by atoms with van der Waals surface area (Å²) in [6, 6.07) is 7.08. The number of nitriles is 1. The SMILES string of the molecule is CNc1cc(-c2ccc(OCCC3CCN(CC(N)=O)CC3)c(C(F)(F)F)c2)nc(C#N)c1N. The Bertz CT molecular complexity index is 1080. The average molecular weight is 477 g/mol. The van der Waals surface area contributed by atoms with Crippen LogP contribution in [0, 0.1) is 17.2 Å². The van der Waals surface area contributed by atoms with Crippen LogP contribution in [0.3, 0.4) is 0 Å². The van der Waals surface area contributed by atoms with Gasteiger partial charge in [0.05, 0.1) is 35.8 Å². The largest absolute Gasteiger partial charge is 0.493 e. The Kier molecular flexibility index (Phi) is 7.83. The number of benzene rings is 1. The highest BCUT2D eigenvalue weighted by atomic mass is 19.4. The van der Waals surface area contributed by atoms with E-state index in [4.69, 9.17) is 16.2 Å². The van der Waals surface area contributed by atoms with Gasteiger partial charge in [-0.2, -0.15) is 18.4 Å². The van der Waals surface area contributed by atoms with E-state index >= 15 is 0 Å². The first kappa shape index (κ1) is 25.1. The Morgan fingerprint density at radius 3 is 2.62 bits per heavy atom. The van der Waals surface area contributed by atoms with Crippen LogP contribution in [-0.2, 0) is 11.0 Å². The van der Waals surface area contributed by atoms with Gasteiger partial charge in [-0.25, -0.2) is 4.98 Å². The first-order valence-corrected chi connectivity index (χ1v) is 10.9. The number of amides is 1. The third kappa shape index (κ3) is 6.08. The van der Waals surface area contributed by atoms with Crippen molar-refractivity contribution < 1.29 is 22.7 Å². The van der Waals surface area contributed by atoms with Gasteiger partial charge in [0.15, 0.2) is 5.69 Å². The predicted molar refractivity (Wildman–Crippen MR) is 122 cm³/mol. The Labute approximate surface area is 195 Å². The van der Waals surface area contributed by atoms with E-state index in [0.717, 1.165) is 32.0 Å². The Morgan fingerprint density at radius 2 is 2.03 bits per heavy atom. The molecule has 0 atom stereocenters. The summed E-state index contributed by atoms with van der Waals surface area (Å²) in [6.45, 7) is 1.82. The number of carbonyl (C=O) groups is 1. The summed E-state index contributed by atoms with van der Waals surface area (Å²) in [7, 11) is 1.59. The highest BCUT2D eigenvalue weighted by Gasteiger charge is 2.35. The summed E-state index contributed by atoms with van der Waals surface area (Å²) in [5.74, 6) is -0.321. The molecule has 2 heterocycles. The second-order valence-electron chi connectivity index (χ2n) is 8.21. The van der Waals surface area contributed by atoms with Crippen LogP contribution in [-0.4, -0.2) is 49.1 Å². The summed E-state index contributed by atoms with van der Waals surface area (Å²) in [5, 5.41) is 12.1. The number of hydrogen-bond donors (Lipinski definition) is 3. The number of halogens is 3. The normalized spacial score (nSPS) is 15.0. The van der Waals surface area contributed by atoms with Crippen LogP contribution in [0.15, 0.2) is 24.3 Å². The molecule has 5 N–H and O–H groups in total. The van der Waals surface area contributed by atoms with Crippen LogP contribution in [0.4, 0.5) is 24.5 Å². The van der Waals surface area contributed by atoms with Gasteiger partial charge >= 0.3 is 6.18 Å². The van der Waals surface area contributed by atoms with Gasteiger partial charge in [0.1, 0.15) is 11.8 Å². The molecule has 182 valence electrons. The lowest BCUT2D eigenvalue weighted by atomic mass is 9.94. The number of primary amides is 1. The zero-order chi connectivity index (χ0) is 24.9. The van der Waals surface area contributed by atoms with Gasteiger partial charge in [-0.1, -0.05) is 0 Å². The molecule has 2 aromatic rings. The molecule has 1 aromatic heterocycles. The van der Waals surface area contributed by atoms with Crippen LogP contribution < -0.4 is 21.5 Å². The number of anilines is 2. The highest BCUT2D eigenvalue weighted by molar-refractivity contribution is 5.77. The maximum absolute atomic E-state index is 13.8. The fraction of sp³-hybridized carbons (Fsp3) is 0.435. The minimum absolute atomic E-state index is 0.0717. The van der Waals surface area contributed by atoms with E-state index in [0.29, 0.717) is 18.0 Å². The molecule has 1 aliphatic rings. The first-order valence-electron chi connectivity index (χ1n) is 10.9. The lowest BCUT2D eigenvalue weighted by molar-refractivity contribution is -0.139. The Hall–Kier alpha value is -3.52. The number of nitrogens with two attached hydrogens (primary N) is 2. The monoisotopic (exact) mass is 476 g/mol. The number of nitrogen functional groups attached to an aromatic ring is 1. The molecular weight excluding hydrogens is 449 g/mol. The van der Waals surface area contributed by atoms with Gasteiger partial charge in [-0.3, -0.25) is 9.69 Å². The lowest BCUT2D eigenvalue weighted by Gasteiger charge is -2.31. The summed E-state index contributed by atoms with van der Waals surface area (Å²) in [4.78, 5) is 17.1. The molecule has 0 radical (unpaired) electrons. The molecule has 0 aliphatic carbocycles. The molecule has 34 heavy (non-hydrogen) atoms. The fourth-order valence-electron chi connectivity index (χ4n) is 4.02. The first-order chi connectivity index (χ1) is 16.1. The average Bonchev–Trinajstić information content (AvgIpc) is 2.79. The minimum Gasteiger partial charge on any atom is -0.493 e. The predicted octanol–water partition coefficient (Wildman–Crippen LogP) is 3.23. The van der Waals surface area contributed by atoms with Gasteiger partial charge < -0.3 is 21.5 Å². The van der Waals surface area contributed by atoms with Gasteiger partial charge in [0.25, 0.3) is 0 Å². The fourth-order valence-corrected chi connectivity index (χ4v) is 4.02. The van der Waals surface area contributed by atoms with Crippen LogP contribution in [0.1, 0.15) is 30.5 Å². The van der Waals surface area contributed by atoms with Crippen LogP contribution in [0.2, 0.25) is 0 Å². The van der Waals surface area contributed by atoms with Crippen molar-refractivity contribution in [2.24, 2.45) is 11.7 Å². The lowest BCUT2D eigenvalue weighted by Crippen LogP contribution is -2.39. The van der Waals surface area contributed by atoms with Gasteiger partial charge in [0, 0.05) is 12.6 Å². The van der Waals surface area contributed by atoms with E-state index in [2.05, 4.69) is 10.3 Å². The number of aromatic nitrogens is 1.